The average molecular weight is 522 g/mol. The van der Waals surface area contributed by atoms with Gasteiger partial charge in [-0.2, -0.15) is 0 Å². The first kappa shape index (κ1) is 24.6. The summed E-state index contributed by atoms with van der Waals surface area (Å²) in [5, 5.41) is 1.89. The zero-order valence-electron chi connectivity index (χ0n) is 25.0. The molecule has 0 amide bonds. The van der Waals surface area contributed by atoms with Crippen molar-refractivity contribution in [2.24, 2.45) is 12.5 Å². The number of hydrogen-bond acceptors (Lipinski definition) is 1. The molecule has 2 aromatic heterocycles. The third-order valence-corrected chi connectivity index (χ3v) is 8.85. The second-order valence-electron chi connectivity index (χ2n) is 12.5. The number of rotatable bonds is 4. The quantitative estimate of drug-likeness (QED) is 0.215. The van der Waals surface area contributed by atoms with E-state index in [9.17, 15) is 0 Å². The maximum Gasteiger partial charge on any atom is 0.216 e. The Morgan fingerprint density at radius 2 is 1.56 bits per heavy atom. The van der Waals surface area contributed by atoms with Gasteiger partial charge in [0.1, 0.15) is 24.0 Å². The van der Waals surface area contributed by atoms with Gasteiger partial charge in [0, 0.05) is 24.3 Å². The van der Waals surface area contributed by atoms with Crippen molar-refractivity contribution < 1.29 is 14.7 Å². The Labute approximate surface area is 232 Å². The molecule has 1 aliphatic rings. The highest BCUT2D eigenvalue weighted by molar-refractivity contribution is 6.13. The Kier molecular flexibility index (Phi) is 6.06. The summed E-state index contributed by atoms with van der Waals surface area (Å²) in [5.41, 5.74) is 8.42. The molecular formula is C36H39FNO+. The molecule has 5 aromatic rings. The molecule has 0 radical (unpaired) electrons. The Bertz CT molecular complexity index is 1740. The molecule has 1 aliphatic carbocycles. The second-order valence-corrected chi connectivity index (χ2v) is 12.5. The number of hydrogen-bond donors (Lipinski definition) is 0. The van der Waals surface area contributed by atoms with Crippen LogP contribution in [0.3, 0.4) is 0 Å². The minimum absolute atomic E-state index is 0.301. The van der Waals surface area contributed by atoms with Crippen LogP contribution in [0.2, 0.25) is 0 Å². The number of furan rings is 1. The number of nitrogens with zero attached hydrogens (tertiary/aromatic N) is 1. The molecule has 0 unspecified atom stereocenters. The van der Waals surface area contributed by atoms with E-state index in [-0.39, 0.29) is 5.82 Å². The van der Waals surface area contributed by atoms with Crippen molar-refractivity contribution in [2.45, 2.75) is 72.1 Å². The maximum atomic E-state index is 15.6. The number of fused-ring (bicyclic) bond motifs is 3. The van der Waals surface area contributed by atoms with E-state index in [1.165, 1.54) is 5.56 Å². The summed E-state index contributed by atoms with van der Waals surface area (Å²) >= 11 is 0. The third-order valence-electron chi connectivity index (χ3n) is 8.85. The number of benzene rings is 3. The Balaban J connectivity index is 1.49. The van der Waals surface area contributed by atoms with Crippen LogP contribution >= 0.6 is 0 Å². The van der Waals surface area contributed by atoms with Crippen LogP contribution in [-0.2, 0) is 7.05 Å². The van der Waals surface area contributed by atoms with Crippen LogP contribution in [0.25, 0.3) is 44.3 Å². The SMILES string of the molecule is [2H]C1(c2ccc(-c3c(F)ccc4c3oc3c(-c5cc(C(C)C)cc[n+]5C)c(C)ccc34)cc2)CCC(C)(C)CC1. The molecule has 3 heteroatoms. The number of aryl methyl sites for hydroxylation is 2. The number of aromatic nitrogens is 1. The maximum absolute atomic E-state index is 15.6. The van der Waals surface area contributed by atoms with Gasteiger partial charge in [0.15, 0.2) is 6.20 Å². The van der Waals surface area contributed by atoms with Crippen molar-refractivity contribution in [3.05, 3.63) is 89.4 Å². The van der Waals surface area contributed by atoms with E-state index in [1.54, 1.807) is 6.07 Å². The van der Waals surface area contributed by atoms with Gasteiger partial charge in [-0.25, -0.2) is 8.96 Å². The molecule has 0 bridgehead atoms. The summed E-state index contributed by atoms with van der Waals surface area (Å²) in [6.45, 7) is 11.1. The molecule has 2 nitrogen and oxygen atoms in total. The molecule has 200 valence electrons. The predicted molar refractivity (Wildman–Crippen MR) is 160 cm³/mol. The lowest BCUT2D eigenvalue weighted by atomic mass is 9.71. The van der Waals surface area contributed by atoms with Gasteiger partial charge in [0.25, 0.3) is 0 Å². The minimum Gasteiger partial charge on any atom is -0.454 e. The standard InChI is InChI=1S/C36H39FNO/c1-22(2)27-17-20-38(6)31(21-27)32-23(3)7-12-28-29-13-14-30(37)33(35(29)39-34(28)32)26-10-8-24(9-11-26)25-15-18-36(4,5)19-16-25/h7-14,17,20-22,25H,15-16,18-19H2,1-6H3/q+1/i25D. The van der Waals surface area contributed by atoms with Gasteiger partial charge >= 0.3 is 0 Å². The largest absolute Gasteiger partial charge is 0.454 e. The Hall–Kier alpha value is -3.46. The highest BCUT2D eigenvalue weighted by Crippen LogP contribution is 2.44. The van der Waals surface area contributed by atoms with Gasteiger partial charge in [-0.3, -0.25) is 0 Å². The van der Waals surface area contributed by atoms with Gasteiger partial charge in [0.2, 0.25) is 5.69 Å². The third kappa shape index (κ3) is 4.56. The normalized spacial score (nSPS) is 17.2. The molecule has 0 atom stereocenters. The first-order chi connectivity index (χ1) is 19.0. The summed E-state index contributed by atoms with van der Waals surface area (Å²) in [6.07, 6.45) is 5.90. The van der Waals surface area contributed by atoms with Gasteiger partial charge in [0.05, 0.1) is 11.1 Å². The second kappa shape index (κ2) is 9.62. The molecule has 2 heterocycles. The highest BCUT2D eigenvalue weighted by atomic mass is 19.1. The summed E-state index contributed by atoms with van der Waals surface area (Å²) in [6, 6.07) is 20.0. The van der Waals surface area contributed by atoms with Gasteiger partial charge in [-0.15, -0.1) is 0 Å². The molecule has 39 heavy (non-hydrogen) atoms. The summed E-state index contributed by atoms with van der Waals surface area (Å²) in [5.74, 6) is -0.475. The molecule has 1 fully saturated rings. The van der Waals surface area contributed by atoms with E-state index in [0.29, 0.717) is 22.5 Å². The van der Waals surface area contributed by atoms with Gasteiger partial charge in [-0.1, -0.05) is 64.1 Å². The van der Waals surface area contributed by atoms with Crippen LogP contribution in [0.15, 0.2) is 71.3 Å². The first-order valence-corrected chi connectivity index (χ1v) is 14.2. The lowest BCUT2D eigenvalue weighted by molar-refractivity contribution is -0.660. The summed E-state index contributed by atoms with van der Waals surface area (Å²) in [4.78, 5) is 0. The van der Waals surface area contributed by atoms with Crippen molar-refractivity contribution in [1.82, 2.24) is 0 Å². The molecule has 6 rings (SSSR count). The van der Waals surface area contributed by atoms with E-state index in [0.717, 1.165) is 70.0 Å². The Morgan fingerprint density at radius 1 is 0.923 bits per heavy atom. The van der Waals surface area contributed by atoms with Crippen LogP contribution in [0.5, 0.6) is 0 Å². The van der Waals surface area contributed by atoms with Crippen LogP contribution in [0.4, 0.5) is 4.39 Å². The first-order valence-electron chi connectivity index (χ1n) is 14.7. The molecule has 0 aliphatic heterocycles. The molecule has 1 saturated carbocycles. The topological polar surface area (TPSA) is 17.0 Å². The minimum atomic E-state index is -0.579. The lowest BCUT2D eigenvalue weighted by Gasteiger charge is -2.34. The average Bonchev–Trinajstić information content (AvgIpc) is 3.29. The highest BCUT2D eigenvalue weighted by Gasteiger charge is 2.28. The summed E-state index contributed by atoms with van der Waals surface area (Å²) in [7, 11) is 2.05. The van der Waals surface area contributed by atoms with Crippen molar-refractivity contribution in [3.8, 4) is 22.4 Å². The van der Waals surface area contributed by atoms with Gasteiger partial charge < -0.3 is 4.42 Å². The monoisotopic (exact) mass is 521 g/mol. The fourth-order valence-corrected chi connectivity index (χ4v) is 6.15. The van der Waals surface area contributed by atoms with Crippen molar-refractivity contribution >= 4 is 21.9 Å². The van der Waals surface area contributed by atoms with E-state index < -0.39 is 5.89 Å². The van der Waals surface area contributed by atoms with Crippen molar-refractivity contribution in [3.63, 3.8) is 0 Å². The van der Waals surface area contributed by atoms with Crippen molar-refractivity contribution in [1.29, 1.82) is 0 Å². The van der Waals surface area contributed by atoms with Crippen LogP contribution in [0, 0.1) is 18.2 Å². The lowest BCUT2D eigenvalue weighted by Crippen LogP contribution is -2.31. The van der Waals surface area contributed by atoms with Crippen molar-refractivity contribution in [2.75, 3.05) is 0 Å². The zero-order chi connectivity index (χ0) is 28.4. The molecular weight excluding hydrogens is 481 g/mol. The van der Waals surface area contributed by atoms with Gasteiger partial charge in [-0.05, 0) is 84.2 Å². The van der Waals surface area contributed by atoms with Crippen LogP contribution in [0.1, 0.15) is 83.3 Å². The zero-order valence-corrected chi connectivity index (χ0v) is 24.0. The number of halogens is 1. The summed E-state index contributed by atoms with van der Waals surface area (Å²) < 4.78 is 33.5. The fourth-order valence-electron chi connectivity index (χ4n) is 6.15. The molecule has 0 saturated heterocycles. The Morgan fingerprint density at radius 3 is 2.23 bits per heavy atom. The molecule has 3 aromatic carbocycles. The van der Waals surface area contributed by atoms with E-state index in [4.69, 9.17) is 5.79 Å². The molecule has 0 spiro atoms. The van der Waals surface area contributed by atoms with Crippen LogP contribution < -0.4 is 4.57 Å². The molecule has 0 N–H and O–H groups in total. The smallest absolute Gasteiger partial charge is 0.216 e. The van der Waals surface area contributed by atoms with Crippen LogP contribution in [-0.4, -0.2) is 0 Å². The predicted octanol–water partition coefficient (Wildman–Crippen LogP) is 10.00. The van der Waals surface area contributed by atoms with E-state index >= 15 is 4.39 Å². The fraction of sp³-hybridized carbons (Fsp3) is 0.361. The van der Waals surface area contributed by atoms with E-state index in [1.807, 2.05) is 30.3 Å². The van der Waals surface area contributed by atoms with E-state index in [2.05, 4.69) is 76.7 Å². The number of pyridine rings is 1.